The Labute approximate surface area is 132 Å². The van der Waals surface area contributed by atoms with Crippen molar-refractivity contribution in [3.05, 3.63) is 28.7 Å². The van der Waals surface area contributed by atoms with Crippen molar-refractivity contribution in [2.45, 2.75) is 12.8 Å². The maximum Gasteiger partial charge on any atom is 0.233 e. The first-order valence-corrected chi connectivity index (χ1v) is 7.75. The van der Waals surface area contributed by atoms with Gasteiger partial charge in [0.2, 0.25) is 17.8 Å². The zero-order valence-corrected chi connectivity index (χ0v) is 13.4. The zero-order valence-electron chi connectivity index (χ0n) is 11.8. The molecule has 0 spiro atoms. The molecule has 1 aromatic carbocycles. The third kappa shape index (κ3) is 3.41. The Morgan fingerprint density at radius 1 is 1.00 bits per heavy atom. The third-order valence-electron chi connectivity index (χ3n) is 3.34. The molecule has 0 amide bonds. The summed E-state index contributed by atoms with van der Waals surface area (Å²) in [5, 5.41) is 6.21. The number of nitrogens with zero attached hydrogens (tertiary/aromatic N) is 4. The molecule has 0 saturated carbocycles. The number of anilines is 4. The molecule has 0 bridgehead atoms. The van der Waals surface area contributed by atoms with Crippen LogP contribution in [-0.2, 0) is 0 Å². The highest BCUT2D eigenvalue weighted by molar-refractivity contribution is 9.10. The number of halogens is 1. The van der Waals surface area contributed by atoms with Crippen molar-refractivity contribution in [3.8, 4) is 0 Å². The van der Waals surface area contributed by atoms with E-state index in [1.54, 1.807) is 0 Å². The van der Waals surface area contributed by atoms with Crippen LogP contribution in [0.2, 0.25) is 0 Å². The predicted octanol–water partition coefficient (Wildman–Crippen LogP) is 3.02. The molecule has 0 atom stereocenters. The molecular formula is C14H17BrN6. The summed E-state index contributed by atoms with van der Waals surface area (Å²) < 4.78 is 1.04. The number of aromatic nitrogens is 3. The van der Waals surface area contributed by atoms with Gasteiger partial charge in [-0.2, -0.15) is 15.0 Å². The van der Waals surface area contributed by atoms with Crippen LogP contribution >= 0.6 is 15.9 Å². The van der Waals surface area contributed by atoms with Gasteiger partial charge in [0, 0.05) is 30.3 Å². The number of benzene rings is 1. The molecule has 1 aliphatic heterocycles. The molecule has 6 nitrogen and oxygen atoms in total. The van der Waals surface area contributed by atoms with Crippen molar-refractivity contribution in [2.75, 3.05) is 35.7 Å². The van der Waals surface area contributed by atoms with E-state index in [1.807, 2.05) is 31.3 Å². The number of nitrogens with one attached hydrogen (secondary N) is 2. The van der Waals surface area contributed by atoms with Crippen LogP contribution in [-0.4, -0.2) is 35.1 Å². The summed E-state index contributed by atoms with van der Waals surface area (Å²) in [6.45, 7) is 2.01. The molecule has 1 aliphatic rings. The molecule has 2 aromatic rings. The van der Waals surface area contributed by atoms with Crippen molar-refractivity contribution < 1.29 is 0 Å². The SMILES string of the molecule is CNc1nc(Nc2ccc(Br)cc2)nc(N2CCCC2)n1. The molecule has 3 rings (SSSR count). The molecule has 1 fully saturated rings. The molecule has 2 heterocycles. The fourth-order valence-electron chi connectivity index (χ4n) is 2.25. The Balaban J connectivity index is 1.86. The topological polar surface area (TPSA) is 66.0 Å². The molecule has 2 N–H and O–H groups in total. The second-order valence-corrected chi connectivity index (χ2v) is 5.77. The van der Waals surface area contributed by atoms with E-state index in [9.17, 15) is 0 Å². The molecule has 7 heteroatoms. The lowest BCUT2D eigenvalue weighted by Gasteiger charge is -2.16. The Kier molecular flexibility index (Phi) is 4.19. The maximum atomic E-state index is 4.52. The largest absolute Gasteiger partial charge is 0.357 e. The van der Waals surface area contributed by atoms with E-state index in [-0.39, 0.29) is 0 Å². The lowest BCUT2D eigenvalue weighted by molar-refractivity contribution is 0.885. The van der Waals surface area contributed by atoms with Crippen molar-refractivity contribution in [1.29, 1.82) is 0 Å². The van der Waals surface area contributed by atoms with Crippen LogP contribution in [0.1, 0.15) is 12.8 Å². The molecule has 1 aromatic heterocycles. The van der Waals surface area contributed by atoms with E-state index in [2.05, 4.69) is 46.4 Å². The van der Waals surface area contributed by atoms with Gasteiger partial charge in [0.15, 0.2) is 0 Å². The standard InChI is InChI=1S/C14H17BrN6/c1-16-12-18-13(17-11-6-4-10(15)5-7-11)20-14(19-12)21-8-2-3-9-21/h4-7H,2-3,8-9H2,1H3,(H2,16,17,18,19,20). The first-order chi connectivity index (χ1) is 10.2. The summed E-state index contributed by atoms with van der Waals surface area (Å²) in [5.41, 5.74) is 0.943. The van der Waals surface area contributed by atoms with E-state index in [1.165, 1.54) is 12.8 Å². The highest BCUT2D eigenvalue weighted by Crippen LogP contribution is 2.21. The van der Waals surface area contributed by atoms with Gasteiger partial charge in [-0.3, -0.25) is 0 Å². The fraction of sp³-hybridized carbons (Fsp3) is 0.357. The summed E-state index contributed by atoms with van der Waals surface area (Å²) in [5.74, 6) is 1.86. The quantitative estimate of drug-likeness (QED) is 0.885. The Morgan fingerprint density at radius 2 is 1.67 bits per heavy atom. The second kappa shape index (κ2) is 6.26. The summed E-state index contributed by atoms with van der Waals surface area (Å²) >= 11 is 3.42. The van der Waals surface area contributed by atoms with Gasteiger partial charge in [-0.05, 0) is 37.1 Å². The lowest BCUT2D eigenvalue weighted by atomic mass is 10.3. The first kappa shape index (κ1) is 14.1. The molecular weight excluding hydrogens is 332 g/mol. The minimum Gasteiger partial charge on any atom is -0.357 e. The molecule has 0 radical (unpaired) electrons. The Hall–Kier alpha value is -1.89. The highest BCUT2D eigenvalue weighted by atomic mass is 79.9. The van der Waals surface area contributed by atoms with Crippen LogP contribution in [0.3, 0.4) is 0 Å². The van der Waals surface area contributed by atoms with Gasteiger partial charge in [-0.25, -0.2) is 0 Å². The molecule has 1 saturated heterocycles. The van der Waals surface area contributed by atoms with Crippen molar-refractivity contribution in [1.82, 2.24) is 15.0 Å². The van der Waals surface area contributed by atoms with Crippen molar-refractivity contribution >= 4 is 39.5 Å². The van der Waals surface area contributed by atoms with E-state index >= 15 is 0 Å². The van der Waals surface area contributed by atoms with Crippen LogP contribution in [0.25, 0.3) is 0 Å². The Morgan fingerprint density at radius 3 is 2.33 bits per heavy atom. The number of hydrogen-bond donors (Lipinski definition) is 2. The smallest absolute Gasteiger partial charge is 0.233 e. The van der Waals surface area contributed by atoms with Gasteiger partial charge in [0.1, 0.15) is 0 Å². The van der Waals surface area contributed by atoms with Gasteiger partial charge in [0.05, 0.1) is 0 Å². The van der Waals surface area contributed by atoms with Crippen LogP contribution in [0.4, 0.5) is 23.5 Å². The molecule has 0 aliphatic carbocycles. The van der Waals surface area contributed by atoms with E-state index in [0.29, 0.717) is 11.9 Å². The van der Waals surface area contributed by atoms with Gasteiger partial charge in [-0.1, -0.05) is 15.9 Å². The maximum absolute atomic E-state index is 4.52. The number of rotatable bonds is 4. The van der Waals surface area contributed by atoms with Gasteiger partial charge < -0.3 is 15.5 Å². The van der Waals surface area contributed by atoms with E-state index < -0.39 is 0 Å². The zero-order chi connectivity index (χ0) is 14.7. The normalized spacial score (nSPS) is 14.3. The van der Waals surface area contributed by atoms with Gasteiger partial charge in [0.25, 0.3) is 0 Å². The van der Waals surface area contributed by atoms with Crippen molar-refractivity contribution in [3.63, 3.8) is 0 Å². The van der Waals surface area contributed by atoms with Gasteiger partial charge in [-0.15, -0.1) is 0 Å². The van der Waals surface area contributed by atoms with Crippen LogP contribution in [0, 0.1) is 0 Å². The number of hydrogen-bond acceptors (Lipinski definition) is 6. The highest BCUT2D eigenvalue weighted by Gasteiger charge is 2.17. The third-order valence-corrected chi connectivity index (χ3v) is 3.87. The summed E-state index contributed by atoms with van der Waals surface area (Å²) in [6.07, 6.45) is 2.38. The van der Waals surface area contributed by atoms with Crippen LogP contribution in [0.15, 0.2) is 28.7 Å². The Bertz CT molecular complexity index is 609. The summed E-state index contributed by atoms with van der Waals surface area (Å²) in [4.78, 5) is 15.5. The fourth-order valence-corrected chi connectivity index (χ4v) is 2.52. The minimum atomic E-state index is 0.554. The monoisotopic (exact) mass is 348 g/mol. The van der Waals surface area contributed by atoms with E-state index in [0.717, 1.165) is 29.2 Å². The van der Waals surface area contributed by atoms with Crippen LogP contribution in [0.5, 0.6) is 0 Å². The average Bonchev–Trinajstić information content (AvgIpc) is 3.04. The minimum absolute atomic E-state index is 0.554. The van der Waals surface area contributed by atoms with Crippen LogP contribution < -0.4 is 15.5 Å². The molecule has 0 unspecified atom stereocenters. The molecule has 110 valence electrons. The van der Waals surface area contributed by atoms with Crippen molar-refractivity contribution in [2.24, 2.45) is 0 Å². The summed E-state index contributed by atoms with van der Waals surface area (Å²) in [7, 11) is 1.81. The summed E-state index contributed by atoms with van der Waals surface area (Å²) in [6, 6.07) is 7.90. The first-order valence-electron chi connectivity index (χ1n) is 6.96. The lowest BCUT2D eigenvalue weighted by Crippen LogP contribution is -2.21. The molecule has 21 heavy (non-hydrogen) atoms. The second-order valence-electron chi connectivity index (χ2n) is 4.86. The average molecular weight is 349 g/mol. The van der Waals surface area contributed by atoms with Gasteiger partial charge >= 0.3 is 0 Å². The van der Waals surface area contributed by atoms with E-state index in [4.69, 9.17) is 0 Å². The predicted molar refractivity (Wildman–Crippen MR) is 88.2 cm³/mol.